The standard InChI is InChI=1S/C24H16ClN3O2S.ClH/c25-18-11-19-17(22(29)21(23(30)27-19)15-4-2-1-3-5-15)10-16(18)13-6-8-14(9-7-13)20-12-31-24(26)28-20;/h1-12H,(H2,26,28)(H2,27,29,30);1H. The fourth-order valence-corrected chi connectivity index (χ4v) is 4.48. The van der Waals surface area contributed by atoms with Crippen LogP contribution in [0.2, 0.25) is 5.02 Å². The molecule has 0 spiro atoms. The van der Waals surface area contributed by atoms with E-state index in [-0.39, 0.29) is 29.3 Å². The van der Waals surface area contributed by atoms with Crippen molar-refractivity contribution in [3.05, 3.63) is 87.5 Å². The minimum absolute atomic E-state index is 0. The van der Waals surface area contributed by atoms with Gasteiger partial charge in [0.05, 0.1) is 21.8 Å². The van der Waals surface area contributed by atoms with Crippen LogP contribution in [0.4, 0.5) is 5.13 Å². The molecule has 5 nitrogen and oxygen atoms in total. The highest BCUT2D eigenvalue weighted by Gasteiger charge is 2.16. The number of fused-ring (bicyclic) bond motifs is 1. The van der Waals surface area contributed by atoms with Crippen LogP contribution in [0.1, 0.15) is 0 Å². The molecule has 5 rings (SSSR count). The lowest BCUT2D eigenvalue weighted by Crippen LogP contribution is -2.09. The molecule has 0 saturated heterocycles. The summed E-state index contributed by atoms with van der Waals surface area (Å²) in [4.78, 5) is 19.8. The number of nitrogens with two attached hydrogens (primary N) is 1. The SMILES string of the molecule is Cl.Nc1nc(-c2ccc(-c3cc4c(O)c(-c5ccccc5)c(=O)[nH]c4cc3Cl)cc2)cs1. The molecule has 0 atom stereocenters. The minimum atomic E-state index is -0.369. The first kappa shape index (κ1) is 21.9. The van der Waals surface area contributed by atoms with Gasteiger partial charge in [0.1, 0.15) is 5.75 Å². The fraction of sp³-hybridized carbons (Fsp3) is 0. The first-order valence-corrected chi connectivity index (χ1v) is 10.7. The van der Waals surface area contributed by atoms with Crippen molar-refractivity contribution in [2.24, 2.45) is 0 Å². The average molecular weight is 482 g/mol. The number of H-pyrrole nitrogens is 1. The molecule has 0 aliphatic rings. The van der Waals surface area contributed by atoms with Crippen molar-refractivity contribution in [1.82, 2.24) is 9.97 Å². The molecule has 160 valence electrons. The van der Waals surface area contributed by atoms with Gasteiger partial charge >= 0.3 is 0 Å². The van der Waals surface area contributed by atoms with Gasteiger partial charge < -0.3 is 15.8 Å². The molecular formula is C24H17Cl2N3O2S. The lowest BCUT2D eigenvalue weighted by Gasteiger charge is -2.11. The van der Waals surface area contributed by atoms with Gasteiger partial charge in [-0.2, -0.15) is 0 Å². The topological polar surface area (TPSA) is 92.0 Å². The van der Waals surface area contributed by atoms with Gasteiger partial charge in [0.15, 0.2) is 5.13 Å². The molecule has 2 aromatic heterocycles. The summed E-state index contributed by atoms with van der Waals surface area (Å²) in [5.41, 5.74) is 10.1. The van der Waals surface area contributed by atoms with Crippen molar-refractivity contribution < 1.29 is 5.11 Å². The number of anilines is 1. The van der Waals surface area contributed by atoms with Crippen LogP contribution in [0.15, 0.2) is 76.9 Å². The molecule has 0 fully saturated rings. The second kappa shape index (κ2) is 8.67. The predicted molar refractivity (Wildman–Crippen MR) is 135 cm³/mol. The van der Waals surface area contributed by atoms with E-state index in [0.29, 0.717) is 26.6 Å². The normalized spacial score (nSPS) is 10.8. The highest BCUT2D eigenvalue weighted by molar-refractivity contribution is 7.13. The number of aromatic amines is 1. The third kappa shape index (κ3) is 3.84. The Kier molecular flexibility index (Phi) is 5.93. The fourth-order valence-electron chi connectivity index (χ4n) is 3.63. The Balaban J connectivity index is 0.00000245. The lowest BCUT2D eigenvalue weighted by atomic mass is 9.98. The van der Waals surface area contributed by atoms with Crippen LogP contribution >= 0.6 is 35.3 Å². The number of hydrogen-bond donors (Lipinski definition) is 3. The number of nitrogens with one attached hydrogen (secondary N) is 1. The first-order chi connectivity index (χ1) is 15.0. The maximum atomic E-state index is 12.6. The number of nitrogen functional groups attached to an aromatic ring is 1. The number of pyridine rings is 1. The van der Waals surface area contributed by atoms with E-state index in [9.17, 15) is 9.90 Å². The number of nitrogens with zero attached hydrogens (tertiary/aromatic N) is 1. The van der Waals surface area contributed by atoms with Crippen LogP contribution in [-0.4, -0.2) is 15.1 Å². The van der Waals surface area contributed by atoms with Crippen LogP contribution in [0, 0.1) is 0 Å². The second-order valence-electron chi connectivity index (χ2n) is 7.07. The predicted octanol–water partition coefficient (Wildman–Crippen LogP) is 6.35. The number of thiazole rings is 1. The Bertz CT molecular complexity index is 1480. The molecule has 2 heterocycles. The van der Waals surface area contributed by atoms with Crippen molar-refractivity contribution in [2.45, 2.75) is 0 Å². The first-order valence-electron chi connectivity index (χ1n) is 9.47. The van der Waals surface area contributed by atoms with Gasteiger partial charge in [-0.15, -0.1) is 23.7 Å². The molecule has 5 aromatic rings. The smallest absolute Gasteiger partial charge is 0.260 e. The quantitative estimate of drug-likeness (QED) is 0.280. The Morgan fingerprint density at radius 1 is 0.969 bits per heavy atom. The number of benzene rings is 3. The molecule has 4 N–H and O–H groups in total. The highest BCUT2D eigenvalue weighted by atomic mass is 35.5. The van der Waals surface area contributed by atoms with Gasteiger partial charge in [-0.05, 0) is 23.3 Å². The van der Waals surface area contributed by atoms with E-state index in [1.54, 1.807) is 24.3 Å². The molecular weight excluding hydrogens is 465 g/mol. The summed E-state index contributed by atoms with van der Waals surface area (Å²) in [6, 6.07) is 20.3. The van der Waals surface area contributed by atoms with E-state index in [2.05, 4.69) is 9.97 Å². The summed E-state index contributed by atoms with van der Waals surface area (Å²) in [5, 5.41) is 14.4. The molecule has 32 heavy (non-hydrogen) atoms. The van der Waals surface area contributed by atoms with Crippen LogP contribution in [-0.2, 0) is 0 Å². The van der Waals surface area contributed by atoms with Gasteiger partial charge in [-0.3, -0.25) is 4.79 Å². The van der Waals surface area contributed by atoms with E-state index < -0.39 is 0 Å². The molecule has 0 unspecified atom stereocenters. The maximum Gasteiger partial charge on any atom is 0.260 e. The summed E-state index contributed by atoms with van der Waals surface area (Å²) in [5.74, 6) is -0.0718. The van der Waals surface area contributed by atoms with Gasteiger partial charge in [0.25, 0.3) is 5.56 Å². The summed E-state index contributed by atoms with van der Waals surface area (Å²) in [7, 11) is 0. The van der Waals surface area contributed by atoms with Gasteiger partial charge in [-0.1, -0.05) is 66.2 Å². The van der Waals surface area contributed by atoms with E-state index in [1.165, 1.54) is 11.3 Å². The number of rotatable bonds is 3. The summed E-state index contributed by atoms with van der Waals surface area (Å²) < 4.78 is 0. The summed E-state index contributed by atoms with van der Waals surface area (Å²) in [6.45, 7) is 0. The van der Waals surface area contributed by atoms with Crippen molar-refractivity contribution >= 4 is 51.4 Å². The number of aromatic hydroxyl groups is 1. The monoisotopic (exact) mass is 481 g/mol. The Morgan fingerprint density at radius 3 is 2.31 bits per heavy atom. The number of halogens is 2. The minimum Gasteiger partial charge on any atom is -0.506 e. The van der Waals surface area contributed by atoms with Crippen molar-refractivity contribution in [3.63, 3.8) is 0 Å². The number of hydrogen-bond acceptors (Lipinski definition) is 5. The van der Waals surface area contributed by atoms with Crippen LogP contribution in [0.5, 0.6) is 5.75 Å². The largest absolute Gasteiger partial charge is 0.506 e. The molecule has 0 saturated carbocycles. The number of aromatic nitrogens is 2. The molecule has 0 radical (unpaired) electrons. The van der Waals surface area contributed by atoms with Crippen LogP contribution in [0.3, 0.4) is 0 Å². The second-order valence-corrected chi connectivity index (χ2v) is 8.37. The van der Waals surface area contributed by atoms with E-state index in [0.717, 1.165) is 22.4 Å². The highest BCUT2D eigenvalue weighted by Crippen LogP contribution is 2.38. The molecule has 0 aliphatic heterocycles. The molecule has 0 bridgehead atoms. The third-order valence-corrected chi connectivity index (χ3v) is 6.14. The average Bonchev–Trinajstić information content (AvgIpc) is 3.21. The van der Waals surface area contributed by atoms with E-state index in [4.69, 9.17) is 17.3 Å². The van der Waals surface area contributed by atoms with E-state index >= 15 is 0 Å². The van der Waals surface area contributed by atoms with Gasteiger partial charge in [-0.25, -0.2) is 4.98 Å². The van der Waals surface area contributed by atoms with Gasteiger partial charge in [0.2, 0.25) is 0 Å². The summed E-state index contributed by atoms with van der Waals surface area (Å²) >= 11 is 7.92. The van der Waals surface area contributed by atoms with Gasteiger partial charge in [0, 0.05) is 21.9 Å². The molecule has 3 aromatic carbocycles. The van der Waals surface area contributed by atoms with Crippen LogP contribution in [0.25, 0.3) is 44.4 Å². The molecule has 8 heteroatoms. The lowest BCUT2D eigenvalue weighted by molar-refractivity contribution is 0.482. The maximum absolute atomic E-state index is 12.6. The zero-order chi connectivity index (χ0) is 21.5. The zero-order valence-corrected chi connectivity index (χ0v) is 18.9. The Hall–Kier alpha value is -3.32. The summed E-state index contributed by atoms with van der Waals surface area (Å²) in [6.07, 6.45) is 0. The molecule has 0 aliphatic carbocycles. The zero-order valence-electron chi connectivity index (χ0n) is 16.5. The van der Waals surface area contributed by atoms with Crippen LogP contribution < -0.4 is 11.3 Å². The van der Waals surface area contributed by atoms with Crippen molar-refractivity contribution in [2.75, 3.05) is 5.73 Å². The Labute approximate surface area is 198 Å². The third-order valence-electron chi connectivity index (χ3n) is 5.15. The van der Waals surface area contributed by atoms with Crippen molar-refractivity contribution in [3.8, 4) is 39.3 Å². The molecule has 0 amide bonds. The Morgan fingerprint density at radius 2 is 1.66 bits per heavy atom. The van der Waals surface area contributed by atoms with E-state index in [1.807, 2.05) is 47.8 Å². The van der Waals surface area contributed by atoms with Crippen molar-refractivity contribution in [1.29, 1.82) is 0 Å².